The number of cyclic esters (lactones) is 1. The van der Waals surface area contributed by atoms with Gasteiger partial charge in [0.25, 0.3) is 0 Å². The number of anilines is 1. The average Bonchev–Trinajstić information content (AvgIpc) is 2.90. The average molecular weight is 246 g/mol. The van der Waals surface area contributed by atoms with Gasteiger partial charge in [0.15, 0.2) is 0 Å². The van der Waals surface area contributed by atoms with E-state index in [2.05, 4.69) is 5.32 Å². The third kappa shape index (κ3) is 2.03. The van der Waals surface area contributed by atoms with Crippen molar-refractivity contribution in [3.05, 3.63) is 29.3 Å². The normalized spacial score (nSPS) is 17.7. The zero-order chi connectivity index (χ0) is 12.5. The summed E-state index contributed by atoms with van der Waals surface area (Å²) in [6.45, 7) is 1.82. The van der Waals surface area contributed by atoms with Crippen LogP contribution < -0.4 is 5.32 Å². The van der Waals surface area contributed by atoms with Crippen molar-refractivity contribution in [1.29, 1.82) is 0 Å². The summed E-state index contributed by atoms with van der Waals surface area (Å²) in [5.41, 5.74) is 3.09. The minimum Gasteiger partial charge on any atom is -0.448 e. The molecule has 0 unspecified atom stereocenters. The van der Waals surface area contributed by atoms with Gasteiger partial charge in [0.2, 0.25) is 5.91 Å². The lowest BCUT2D eigenvalue weighted by Gasteiger charge is -2.12. The van der Waals surface area contributed by atoms with E-state index < -0.39 is 0 Å². The van der Waals surface area contributed by atoms with E-state index in [0.717, 1.165) is 23.2 Å². The molecular formula is C13H14N2O3. The molecule has 2 amide bonds. The van der Waals surface area contributed by atoms with Crippen molar-refractivity contribution in [1.82, 2.24) is 4.90 Å². The number of benzene rings is 1. The van der Waals surface area contributed by atoms with Crippen molar-refractivity contribution in [2.75, 3.05) is 25.0 Å². The number of ether oxygens (including phenoxy) is 1. The molecule has 2 aliphatic heterocycles. The van der Waals surface area contributed by atoms with Gasteiger partial charge in [-0.1, -0.05) is 12.1 Å². The lowest BCUT2D eigenvalue weighted by Crippen LogP contribution is -2.26. The van der Waals surface area contributed by atoms with Gasteiger partial charge in [-0.15, -0.1) is 0 Å². The smallest absolute Gasteiger partial charge is 0.409 e. The van der Waals surface area contributed by atoms with Crippen molar-refractivity contribution in [3.63, 3.8) is 0 Å². The van der Waals surface area contributed by atoms with Crippen LogP contribution in [0.15, 0.2) is 18.2 Å². The van der Waals surface area contributed by atoms with Crippen molar-refractivity contribution < 1.29 is 14.3 Å². The topological polar surface area (TPSA) is 58.6 Å². The van der Waals surface area contributed by atoms with Gasteiger partial charge in [-0.3, -0.25) is 4.79 Å². The van der Waals surface area contributed by atoms with Crippen LogP contribution in [-0.4, -0.2) is 36.6 Å². The number of nitrogens with zero attached hydrogens (tertiary/aromatic N) is 1. The van der Waals surface area contributed by atoms with Crippen molar-refractivity contribution >= 4 is 17.7 Å². The summed E-state index contributed by atoms with van der Waals surface area (Å²) < 4.78 is 4.87. The Morgan fingerprint density at radius 2 is 2.22 bits per heavy atom. The van der Waals surface area contributed by atoms with Gasteiger partial charge in [0, 0.05) is 12.2 Å². The van der Waals surface area contributed by atoms with Gasteiger partial charge in [-0.25, -0.2) is 4.79 Å². The molecule has 0 saturated carbocycles. The highest BCUT2D eigenvalue weighted by Gasteiger charge is 2.22. The minimum absolute atomic E-state index is 0.0465. The van der Waals surface area contributed by atoms with Crippen LogP contribution in [0.4, 0.5) is 10.5 Å². The molecule has 0 spiro atoms. The summed E-state index contributed by atoms with van der Waals surface area (Å²) in [6, 6.07) is 5.96. The quantitative estimate of drug-likeness (QED) is 0.871. The van der Waals surface area contributed by atoms with Crippen LogP contribution in [-0.2, 0) is 22.4 Å². The van der Waals surface area contributed by atoms with Crippen LogP contribution in [0, 0.1) is 0 Å². The Morgan fingerprint density at radius 3 is 3.00 bits per heavy atom. The van der Waals surface area contributed by atoms with Gasteiger partial charge in [-0.2, -0.15) is 0 Å². The zero-order valence-electron chi connectivity index (χ0n) is 9.94. The van der Waals surface area contributed by atoms with Crippen molar-refractivity contribution in [2.45, 2.75) is 12.8 Å². The molecule has 18 heavy (non-hydrogen) atoms. The second kappa shape index (κ2) is 4.33. The molecule has 1 aromatic carbocycles. The van der Waals surface area contributed by atoms with Crippen LogP contribution >= 0.6 is 0 Å². The predicted octanol–water partition coefficient (Wildman–Crippen LogP) is 1.18. The number of hydrogen-bond donors (Lipinski definition) is 1. The highest BCUT2D eigenvalue weighted by Crippen LogP contribution is 2.24. The first-order chi connectivity index (χ1) is 8.72. The first kappa shape index (κ1) is 11.1. The highest BCUT2D eigenvalue weighted by atomic mass is 16.6. The van der Waals surface area contributed by atoms with Crippen LogP contribution in [0.25, 0.3) is 0 Å². The van der Waals surface area contributed by atoms with Crippen LogP contribution in [0.2, 0.25) is 0 Å². The fraction of sp³-hybridized carbons (Fsp3) is 0.385. The lowest BCUT2D eigenvalue weighted by atomic mass is 10.1. The molecule has 1 fully saturated rings. The Hall–Kier alpha value is -2.04. The predicted molar refractivity (Wildman–Crippen MR) is 65.4 cm³/mol. The monoisotopic (exact) mass is 246 g/mol. The van der Waals surface area contributed by atoms with E-state index in [-0.39, 0.29) is 12.0 Å². The van der Waals surface area contributed by atoms with E-state index in [1.54, 1.807) is 4.90 Å². The third-order valence-electron chi connectivity index (χ3n) is 3.31. The van der Waals surface area contributed by atoms with E-state index in [1.165, 1.54) is 0 Å². The Bertz CT molecular complexity index is 513. The summed E-state index contributed by atoms with van der Waals surface area (Å²) in [4.78, 5) is 24.2. The molecule has 2 aliphatic rings. The highest BCUT2D eigenvalue weighted by molar-refractivity contribution is 5.99. The third-order valence-corrected chi connectivity index (χ3v) is 3.31. The Morgan fingerprint density at radius 1 is 1.33 bits per heavy atom. The molecule has 0 bridgehead atoms. The number of carbonyl (C=O) groups excluding carboxylic acids is 2. The largest absolute Gasteiger partial charge is 0.448 e. The molecule has 3 rings (SSSR count). The number of rotatable bonds is 3. The number of nitrogens with one attached hydrogen (secondary N) is 1. The fourth-order valence-corrected chi connectivity index (χ4v) is 2.33. The van der Waals surface area contributed by atoms with E-state index >= 15 is 0 Å². The summed E-state index contributed by atoms with van der Waals surface area (Å²) >= 11 is 0. The standard InChI is InChI=1S/C13H14N2O3/c16-12-8-10-7-9(1-2-11(10)14-12)3-4-15-5-6-18-13(15)17/h1-2,7H,3-6,8H2,(H,14,16). The molecule has 0 aliphatic carbocycles. The number of fused-ring (bicyclic) bond motifs is 1. The molecule has 1 N–H and O–H groups in total. The molecule has 2 heterocycles. The van der Waals surface area contributed by atoms with Crippen molar-refractivity contribution in [2.24, 2.45) is 0 Å². The zero-order valence-corrected chi connectivity index (χ0v) is 9.94. The second-order valence-corrected chi connectivity index (χ2v) is 4.57. The lowest BCUT2D eigenvalue weighted by molar-refractivity contribution is -0.115. The van der Waals surface area contributed by atoms with Gasteiger partial charge < -0.3 is 15.0 Å². The Kier molecular flexibility index (Phi) is 2.66. The maximum Gasteiger partial charge on any atom is 0.409 e. The van der Waals surface area contributed by atoms with Crippen LogP contribution in [0.5, 0.6) is 0 Å². The molecule has 5 heteroatoms. The van der Waals surface area contributed by atoms with Gasteiger partial charge >= 0.3 is 6.09 Å². The van der Waals surface area contributed by atoms with Gasteiger partial charge in [0.05, 0.1) is 13.0 Å². The first-order valence-corrected chi connectivity index (χ1v) is 6.06. The number of hydrogen-bond acceptors (Lipinski definition) is 3. The number of amides is 2. The van der Waals surface area contributed by atoms with Crippen LogP contribution in [0.1, 0.15) is 11.1 Å². The van der Waals surface area contributed by atoms with E-state index in [4.69, 9.17) is 4.74 Å². The Labute approximate surface area is 105 Å². The summed E-state index contributed by atoms with van der Waals surface area (Å²) in [7, 11) is 0. The minimum atomic E-state index is -0.229. The first-order valence-electron chi connectivity index (χ1n) is 6.06. The van der Waals surface area contributed by atoms with Crippen molar-refractivity contribution in [3.8, 4) is 0 Å². The molecule has 0 atom stereocenters. The summed E-state index contributed by atoms with van der Waals surface area (Å²) in [5, 5.41) is 2.81. The second-order valence-electron chi connectivity index (χ2n) is 4.57. The molecule has 0 radical (unpaired) electrons. The van der Waals surface area contributed by atoms with E-state index in [9.17, 15) is 9.59 Å². The van der Waals surface area contributed by atoms with Crippen LogP contribution in [0.3, 0.4) is 0 Å². The van der Waals surface area contributed by atoms with E-state index in [1.807, 2.05) is 18.2 Å². The maximum absolute atomic E-state index is 11.3. The summed E-state index contributed by atoms with van der Waals surface area (Å²) in [6.07, 6.45) is 1.01. The maximum atomic E-state index is 11.3. The van der Waals surface area contributed by atoms with Gasteiger partial charge in [-0.05, 0) is 23.6 Å². The fourth-order valence-electron chi connectivity index (χ4n) is 2.33. The molecule has 5 nitrogen and oxygen atoms in total. The van der Waals surface area contributed by atoms with Gasteiger partial charge in [0.1, 0.15) is 6.61 Å². The molecule has 94 valence electrons. The Balaban J connectivity index is 1.65. The molecule has 0 aromatic heterocycles. The van der Waals surface area contributed by atoms with E-state index in [0.29, 0.717) is 26.1 Å². The molecule has 1 saturated heterocycles. The summed E-state index contributed by atoms with van der Waals surface area (Å²) in [5.74, 6) is 0.0465. The number of carbonyl (C=O) groups is 2. The molecule has 1 aromatic rings. The molecular weight excluding hydrogens is 232 g/mol. The SMILES string of the molecule is O=C1Cc2cc(CCN3CCOC3=O)ccc2N1.